The number of carbonyl (C=O) groups is 1. The van der Waals surface area contributed by atoms with E-state index in [1.807, 2.05) is 37.2 Å². The van der Waals surface area contributed by atoms with Crippen molar-refractivity contribution >= 4 is 294 Å². The molecule has 6 spiro atoms. The Balaban J connectivity index is 0.000000129. The van der Waals surface area contributed by atoms with Gasteiger partial charge in [-0.3, -0.25) is 29.5 Å². The maximum atomic E-state index is 14.0. The molecular weight excluding hydrogens is 1700 g/mol. The Kier molecular flexibility index (Phi) is 32.5. The Morgan fingerprint density at radius 3 is 0.993 bits per heavy atom. The van der Waals surface area contributed by atoms with E-state index in [2.05, 4.69) is 155 Å². The maximum Gasteiger partial charge on any atom is 0.136 e. The molecule has 17 aliphatic rings. The van der Waals surface area contributed by atoms with Gasteiger partial charge in [-0.05, 0) is 309 Å². The number of carbonyl (C=O) groups excluding carboxylic acids is 1. The first-order valence-corrected chi connectivity index (χ1v) is 52.3. The molecule has 142 heavy (non-hydrogen) atoms. The van der Waals surface area contributed by atoms with E-state index in [0.29, 0.717) is 92.1 Å². The second-order valence-corrected chi connectivity index (χ2v) is 46.7. The number of Topliss-reactive ketones (excluding diaryl/α,β-unsaturated/α-hetero) is 1. The number of fused-ring (bicyclic) bond motifs is 6. The molecule has 0 N–H and O–H groups in total. The topological polar surface area (TPSA) is 89.9 Å². The van der Waals surface area contributed by atoms with Crippen molar-refractivity contribution in [3.63, 3.8) is 0 Å². The average Bonchev–Trinajstić information content (AvgIpc) is 1.53. The predicted molar refractivity (Wildman–Crippen MR) is 629 cm³/mol. The number of rotatable bonds is 21. The molecular formula is C95H115B36F2N5O4. The quantitative estimate of drug-likeness (QED) is 0.0666. The molecule has 0 amide bonds. The first-order valence-electron chi connectivity index (χ1n) is 52.3. The summed E-state index contributed by atoms with van der Waals surface area (Å²) in [5.41, 5.74) is 12.9. The van der Waals surface area contributed by atoms with Gasteiger partial charge >= 0.3 is 0 Å². The monoisotopic (exact) mass is 1820 g/mol. The summed E-state index contributed by atoms with van der Waals surface area (Å²) >= 11 is 0. The number of alkyl halides is 2. The highest BCUT2D eigenvalue weighted by atomic mass is 19.1. The van der Waals surface area contributed by atoms with Crippen molar-refractivity contribution in [3.05, 3.63) is 197 Å². The molecule has 6 bridgehead atoms. The van der Waals surface area contributed by atoms with Gasteiger partial charge in [0, 0.05) is 360 Å². The summed E-state index contributed by atoms with van der Waals surface area (Å²) in [4.78, 5) is 30.3. The van der Waals surface area contributed by atoms with Crippen molar-refractivity contribution in [2.24, 2.45) is 34.0 Å². The molecule has 9 nitrogen and oxygen atoms in total. The molecule has 6 saturated carbocycles. The van der Waals surface area contributed by atoms with Crippen LogP contribution in [0.5, 0.6) is 0 Å². The molecule has 23 rings (SSSR count). The summed E-state index contributed by atoms with van der Waals surface area (Å²) < 4.78 is 50.1. The molecule has 3 aromatic heterocycles. The normalized spacial score (nSPS) is 33.4. The molecule has 666 valence electrons. The molecule has 11 heterocycles. The van der Waals surface area contributed by atoms with E-state index in [-0.39, 0.29) is 72.1 Å². The van der Waals surface area contributed by atoms with E-state index >= 15 is 0 Å². The highest BCUT2D eigenvalue weighted by molar-refractivity contribution is 8.30. The number of hydrogen-bond donors (Lipinski definition) is 0. The van der Waals surface area contributed by atoms with Gasteiger partial charge < -0.3 is 14.2 Å². The van der Waals surface area contributed by atoms with E-state index in [9.17, 15) is 13.6 Å². The lowest BCUT2D eigenvalue weighted by molar-refractivity contribution is -0.146. The molecule has 9 aliphatic carbocycles. The molecule has 11 fully saturated rings. The second kappa shape index (κ2) is 42.2. The summed E-state index contributed by atoms with van der Waals surface area (Å²) in [6.45, 7) is 10.7. The van der Waals surface area contributed by atoms with Crippen molar-refractivity contribution < 1.29 is 27.8 Å². The number of aromatic nitrogens is 3. The van der Waals surface area contributed by atoms with Crippen LogP contribution in [0.2, 0.25) is 0 Å². The van der Waals surface area contributed by atoms with Crippen molar-refractivity contribution in [1.82, 2.24) is 24.8 Å². The summed E-state index contributed by atoms with van der Waals surface area (Å²) in [7, 11) is 117. The molecule has 8 aliphatic heterocycles. The third-order valence-electron chi connectivity index (χ3n) is 39.5. The summed E-state index contributed by atoms with van der Waals surface area (Å²) in [6, 6.07) is 28.3. The van der Waals surface area contributed by atoms with Crippen LogP contribution in [0, 0.1) is 34.0 Å². The zero-order valence-corrected chi connectivity index (χ0v) is 81.8. The van der Waals surface area contributed by atoms with Crippen molar-refractivity contribution in [2.45, 2.75) is 286 Å². The lowest BCUT2D eigenvalue weighted by Gasteiger charge is -2.55. The maximum absolute atomic E-state index is 14.0. The number of likely N-dealkylation sites (tertiary alicyclic amines) is 2. The van der Waals surface area contributed by atoms with Gasteiger partial charge in [0.2, 0.25) is 0 Å². The van der Waals surface area contributed by atoms with Crippen LogP contribution in [0.1, 0.15) is 244 Å². The SMILES string of the molecule is C.C.C.C[C@]12CC=C3C=C4CCC(=O)CC45CC[C@]3(O5)[C@@H]1CCC2c1ccc2ccncc2c1.C[C@]12CC=C3C=C4CC[C@@H](N5CC[C@H](F)C5)CC45CC[C@]3(O5)[C@@H]1CCC2c1ccc2ccncc2c1.C[C@]12CC=C3C=C4CC[C@H](N5CC[C@H](F)C5)CC45CC[C@]3(O5)[C@@H]1CCC2c1ccc2ccncc2c1.[B]B([B])B([B])B(B(B([B])[B])B([B])[B])B(B(B([B])[B])B([B])[B])B(B(B([B])[B])B([B])[B])B(B([B])[B])B([B])[B]. The minimum atomic E-state index is -1.17. The van der Waals surface area contributed by atoms with Gasteiger partial charge in [-0.25, -0.2) is 8.78 Å². The fourth-order valence-electron chi connectivity index (χ4n) is 33.0. The first kappa shape index (κ1) is 109. The molecule has 6 unspecified atom stereocenters. The number of ether oxygens (including phenoxy) is 3. The average molecular weight is 1820 g/mol. The first-order chi connectivity index (χ1) is 66.3. The van der Waals surface area contributed by atoms with Gasteiger partial charge in [-0.15, -0.1) is 0 Å². The van der Waals surface area contributed by atoms with Gasteiger partial charge in [-0.2, -0.15) is 0 Å². The highest BCUT2D eigenvalue weighted by Gasteiger charge is 2.71. The van der Waals surface area contributed by atoms with Crippen LogP contribution in [0.25, 0.3) is 32.3 Å². The zero-order valence-electron chi connectivity index (χ0n) is 81.8. The Hall–Kier alpha value is -4.00. The van der Waals surface area contributed by atoms with Gasteiger partial charge in [0.15, 0.2) is 0 Å². The number of halogens is 2. The Morgan fingerprint density at radius 1 is 0.352 bits per heavy atom. The minimum absolute atomic E-state index is 0. The smallest absolute Gasteiger partial charge is 0.136 e. The number of pyridine rings is 3. The number of hydrogen-bond acceptors (Lipinski definition) is 9. The fourth-order valence-corrected chi connectivity index (χ4v) is 33.0. The molecule has 47 heteroatoms. The van der Waals surface area contributed by atoms with Gasteiger partial charge in [0.25, 0.3) is 0 Å². The van der Waals surface area contributed by atoms with Crippen LogP contribution in [0.3, 0.4) is 0 Å². The van der Waals surface area contributed by atoms with E-state index in [0.717, 1.165) is 116 Å². The highest BCUT2D eigenvalue weighted by Crippen LogP contribution is 2.74. The van der Waals surface area contributed by atoms with Crippen LogP contribution >= 0.6 is 0 Å². The summed E-state index contributed by atoms with van der Waals surface area (Å²) in [6.07, 6.45) is 34.9. The van der Waals surface area contributed by atoms with Crippen LogP contribution in [0.4, 0.5) is 8.78 Å². The van der Waals surface area contributed by atoms with Gasteiger partial charge in [0.05, 0.1) is 33.6 Å². The minimum Gasteiger partial charge on any atom is -0.359 e. The van der Waals surface area contributed by atoms with Crippen molar-refractivity contribution in [3.8, 4) is 0 Å². The lowest BCUT2D eigenvalue weighted by atomic mass is 8.29. The van der Waals surface area contributed by atoms with E-state index < -0.39 is 121 Å². The third-order valence-corrected chi connectivity index (χ3v) is 39.5. The number of ketones is 1. The van der Waals surface area contributed by atoms with Gasteiger partial charge in [-0.1, -0.05) is 116 Å². The van der Waals surface area contributed by atoms with Crippen LogP contribution < -0.4 is 0 Å². The summed E-state index contributed by atoms with van der Waals surface area (Å²) in [5.74, 6) is 3.65. The molecule has 5 saturated heterocycles. The molecule has 6 aromatic rings. The second-order valence-electron chi connectivity index (χ2n) is 46.7. The fraction of sp³-hybridized carbons (Fsp3) is 0.579. The Bertz CT molecular complexity index is 5570. The van der Waals surface area contributed by atoms with Crippen LogP contribution in [-0.2, 0) is 19.0 Å². The predicted octanol–water partition coefficient (Wildman–Crippen LogP) is 8.02. The number of benzene rings is 3. The molecule has 38 radical (unpaired) electrons. The Morgan fingerprint density at radius 2 is 0.669 bits per heavy atom. The lowest BCUT2D eigenvalue weighted by Crippen LogP contribution is -2.91. The number of nitrogens with zero attached hydrogens (tertiary/aromatic N) is 5. The number of allylic oxidation sites excluding steroid dienone is 3. The molecule has 3 aromatic carbocycles. The van der Waals surface area contributed by atoms with E-state index in [1.54, 1.807) is 0 Å². The Labute approximate surface area is 881 Å². The zero-order chi connectivity index (χ0) is 97.9. The molecule has 19 atom stereocenters. The van der Waals surface area contributed by atoms with E-state index in [4.69, 9.17) is 161 Å². The summed E-state index contributed by atoms with van der Waals surface area (Å²) in [5, 5.41) is 7.54. The van der Waals surface area contributed by atoms with Gasteiger partial charge in [0.1, 0.15) is 18.1 Å². The van der Waals surface area contributed by atoms with E-state index in [1.165, 1.54) is 121 Å². The van der Waals surface area contributed by atoms with Crippen LogP contribution in [-0.4, -0.2) is 370 Å². The van der Waals surface area contributed by atoms with Crippen LogP contribution in [0.15, 0.2) is 180 Å². The van der Waals surface area contributed by atoms with Crippen molar-refractivity contribution in [2.75, 3.05) is 26.2 Å². The largest absolute Gasteiger partial charge is 0.359 e. The van der Waals surface area contributed by atoms with Crippen molar-refractivity contribution in [1.29, 1.82) is 0 Å². The standard InChI is InChI=1S/2C32H37FN2O.C28H29NO2.3CH4.B36/c2*1-30-11-8-25-17-24-4-5-27(35-15-10-26(33)20-35)18-31(24)12-13-32(25,36-31)29(30)7-6-28(30)22-3-2-21-9-14-34-19-23(21)16-22;1-26-10-8-22-15-21-4-5-23(30)16-27(21)11-12-28(22,31-27)25(26)7-6-24(26)19-3-2-18-9-13-29-17-20(18)14-19;;;;1-20(2)29(19)34(30(21(3)4)22(5)6)36(33(27(15)16)28(17)18)35(31(23(7)8)24(9)10)32(25(11)12)26(13)14/h2*2-3,8-9,14,16-17,19,26-29H,4-7,10-13,15,18,20H2,1H3;2-3,8-9,13-15,17,24-25H,4-7,10-12,16H2,1H3;3*1H4;/t26-,27+,28?,29+,30+,31?,32+;26-,27-,28?,29+,30+,31?,32+;24?,25-,26-,27?,28-;;;;/m001..../s1. The third kappa shape index (κ3) is 18.9.